The van der Waals surface area contributed by atoms with E-state index in [4.69, 9.17) is 25.8 Å². The summed E-state index contributed by atoms with van der Waals surface area (Å²) < 4.78 is 16.7. The highest BCUT2D eigenvalue weighted by molar-refractivity contribution is 6.32. The first-order valence-corrected chi connectivity index (χ1v) is 12.6. The zero-order valence-electron chi connectivity index (χ0n) is 21.0. The Morgan fingerprint density at radius 2 is 1.84 bits per heavy atom. The highest BCUT2D eigenvalue weighted by Gasteiger charge is 2.56. The molecule has 0 aliphatic heterocycles. The predicted octanol–water partition coefficient (Wildman–Crippen LogP) is 5.20. The Morgan fingerprint density at radius 1 is 1.05 bits per heavy atom. The lowest BCUT2D eigenvalue weighted by atomic mass is 10.0. The smallest absolute Gasteiger partial charge is 0.240 e. The number of anilines is 1. The monoisotopic (exact) mass is 534 g/mol. The fraction of sp³-hybridized carbons (Fsp3) is 0.286. The van der Waals surface area contributed by atoms with Gasteiger partial charge >= 0.3 is 0 Å². The third kappa shape index (κ3) is 5.15. The SMILES string of the molecule is COc1cc2nccc(Oc3ncc(NC(=O)C4(C(=O)NCC5=CC=CCC5)CC4)cc3Cl)c2cc1OC. The van der Waals surface area contributed by atoms with Crippen LogP contribution in [0.3, 0.4) is 0 Å². The first kappa shape index (κ1) is 25.5. The summed E-state index contributed by atoms with van der Waals surface area (Å²) in [7, 11) is 3.10. The number of nitrogens with zero attached hydrogens (tertiary/aromatic N) is 2. The van der Waals surface area contributed by atoms with E-state index in [0.717, 1.165) is 18.4 Å². The largest absolute Gasteiger partial charge is 0.493 e. The summed E-state index contributed by atoms with van der Waals surface area (Å²) in [4.78, 5) is 34.5. The second kappa shape index (κ2) is 10.7. The maximum atomic E-state index is 13.0. The summed E-state index contributed by atoms with van der Waals surface area (Å²) in [6.07, 6.45) is 12.0. The van der Waals surface area contributed by atoms with Crippen molar-refractivity contribution in [3.05, 3.63) is 65.5 Å². The Balaban J connectivity index is 1.28. The molecule has 1 aromatic carbocycles. The molecule has 0 spiro atoms. The summed E-state index contributed by atoms with van der Waals surface area (Å²) in [6, 6.07) is 6.75. The number of pyridine rings is 2. The molecular weight excluding hydrogens is 508 g/mol. The number of aromatic nitrogens is 2. The molecule has 38 heavy (non-hydrogen) atoms. The van der Waals surface area contributed by atoms with Crippen LogP contribution in [0.25, 0.3) is 10.9 Å². The molecule has 2 aliphatic rings. The third-order valence-electron chi connectivity index (χ3n) is 6.67. The van der Waals surface area contributed by atoms with Gasteiger partial charge in [0, 0.05) is 24.2 Å². The average molecular weight is 535 g/mol. The topological polar surface area (TPSA) is 112 Å². The molecule has 2 aromatic heterocycles. The number of carbonyl (C=O) groups is 2. The van der Waals surface area contributed by atoms with Gasteiger partial charge in [-0.05, 0) is 43.9 Å². The number of methoxy groups -OCH3 is 2. The Hall–Kier alpha value is -4.11. The number of hydrogen-bond donors (Lipinski definition) is 2. The van der Waals surface area contributed by atoms with Crippen LogP contribution in [0.4, 0.5) is 5.69 Å². The van der Waals surface area contributed by atoms with E-state index in [-0.39, 0.29) is 22.7 Å². The van der Waals surface area contributed by atoms with E-state index in [1.165, 1.54) is 6.20 Å². The number of carbonyl (C=O) groups excluding carboxylic acids is 2. The van der Waals surface area contributed by atoms with Crippen LogP contribution < -0.4 is 24.8 Å². The van der Waals surface area contributed by atoms with Crippen LogP contribution in [0.2, 0.25) is 5.02 Å². The van der Waals surface area contributed by atoms with Gasteiger partial charge in [0.2, 0.25) is 17.7 Å². The quantitative estimate of drug-likeness (QED) is 0.363. The van der Waals surface area contributed by atoms with E-state index in [0.29, 0.717) is 53.2 Å². The van der Waals surface area contributed by atoms with Gasteiger partial charge < -0.3 is 24.8 Å². The van der Waals surface area contributed by atoms with Gasteiger partial charge in [-0.3, -0.25) is 14.6 Å². The van der Waals surface area contributed by atoms with Gasteiger partial charge in [-0.15, -0.1) is 0 Å². The number of fused-ring (bicyclic) bond motifs is 1. The lowest BCUT2D eigenvalue weighted by Crippen LogP contribution is -2.40. The summed E-state index contributed by atoms with van der Waals surface area (Å²) >= 11 is 6.46. The molecule has 0 saturated heterocycles. The summed E-state index contributed by atoms with van der Waals surface area (Å²) in [5, 5.41) is 6.58. The first-order chi connectivity index (χ1) is 18.4. The zero-order valence-corrected chi connectivity index (χ0v) is 21.8. The van der Waals surface area contributed by atoms with Crippen molar-refractivity contribution in [3.63, 3.8) is 0 Å². The van der Waals surface area contributed by atoms with Crippen LogP contribution in [0.5, 0.6) is 23.1 Å². The van der Waals surface area contributed by atoms with Crippen molar-refractivity contribution in [1.82, 2.24) is 15.3 Å². The molecule has 9 nitrogen and oxygen atoms in total. The fourth-order valence-corrected chi connectivity index (χ4v) is 4.51. The van der Waals surface area contributed by atoms with E-state index in [2.05, 4.69) is 26.7 Å². The summed E-state index contributed by atoms with van der Waals surface area (Å²) in [5.74, 6) is 1.06. The number of nitrogens with one attached hydrogen (secondary N) is 2. The van der Waals surface area contributed by atoms with Gasteiger partial charge in [0.15, 0.2) is 11.5 Å². The van der Waals surface area contributed by atoms with Crippen LogP contribution in [0, 0.1) is 5.41 Å². The minimum absolute atomic E-state index is 0.153. The van der Waals surface area contributed by atoms with Crippen molar-refractivity contribution < 1.29 is 23.8 Å². The van der Waals surface area contributed by atoms with Crippen LogP contribution >= 0.6 is 11.6 Å². The molecule has 196 valence electrons. The van der Waals surface area contributed by atoms with Crippen LogP contribution in [-0.2, 0) is 9.59 Å². The maximum Gasteiger partial charge on any atom is 0.240 e. The fourth-order valence-electron chi connectivity index (χ4n) is 4.31. The highest BCUT2D eigenvalue weighted by atomic mass is 35.5. The lowest BCUT2D eigenvalue weighted by Gasteiger charge is -2.17. The predicted molar refractivity (Wildman–Crippen MR) is 144 cm³/mol. The van der Waals surface area contributed by atoms with Crippen molar-refractivity contribution in [2.24, 2.45) is 5.41 Å². The van der Waals surface area contributed by atoms with E-state index in [9.17, 15) is 9.59 Å². The molecule has 0 radical (unpaired) electrons. The van der Waals surface area contributed by atoms with Crippen molar-refractivity contribution in [2.45, 2.75) is 25.7 Å². The Bertz CT molecular complexity index is 1470. The number of ether oxygens (including phenoxy) is 3. The van der Waals surface area contributed by atoms with Gasteiger partial charge in [0.25, 0.3) is 0 Å². The highest BCUT2D eigenvalue weighted by Crippen LogP contribution is 2.47. The molecule has 2 amide bonds. The maximum absolute atomic E-state index is 13.0. The first-order valence-electron chi connectivity index (χ1n) is 12.2. The number of hydrogen-bond acceptors (Lipinski definition) is 7. The van der Waals surface area contributed by atoms with Crippen molar-refractivity contribution >= 4 is 40.0 Å². The molecule has 0 atom stereocenters. The van der Waals surface area contributed by atoms with Gasteiger partial charge in [0.05, 0.1) is 31.6 Å². The number of amides is 2. The molecule has 5 rings (SSSR count). The van der Waals surface area contributed by atoms with Gasteiger partial charge in [-0.2, -0.15) is 0 Å². The van der Waals surface area contributed by atoms with Crippen LogP contribution in [0.1, 0.15) is 25.7 Å². The van der Waals surface area contributed by atoms with E-state index >= 15 is 0 Å². The number of benzene rings is 1. The molecule has 3 aromatic rings. The van der Waals surface area contributed by atoms with E-state index < -0.39 is 5.41 Å². The van der Waals surface area contributed by atoms with Gasteiger partial charge in [0.1, 0.15) is 16.2 Å². The van der Waals surface area contributed by atoms with Crippen LogP contribution in [0.15, 0.2) is 60.5 Å². The molecule has 1 fully saturated rings. The van der Waals surface area contributed by atoms with Crippen molar-refractivity contribution in [2.75, 3.05) is 26.1 Å². The molecule has 0 bridgehead atoms. The Morgan fingerprint density at radius 3 is 2.53 bits per heavy atom. The molecule has 0 unspecified atom stereocenters. The summed E-state index contributed by atoms with van der Waals surface area (Å²) in [6.45, 7) is 0.444. The van der Waals surface area contributed by atoms with E-state index in [1.807, 2.05) is 12.2 Å². The standard InChI is InChI=1S/C28H27ClN4O5/c1-36-23-13-19-21(14-24(23)37-2)30-11-8-22(19)38-25-20(29)12-18(16-31-25)33-27(35)28(9-10-28)26(34)32-15-17-6-4-3-5-7-17/h3-4,6,8,11-14,16H,5,7,9-10,15H2,1-2H3,(H,32,34)(H,33,35). The average Bonchev–Trinajstić information content (AvgIpc) is 3.75. The molecule has 2 N–H and O–H groups in total. The van der Waals surface area contributed by atoms with Crippen molar-refractivity contribution in [1.29, 1.82) is 0 Å². The Labute approximate surface area is 224 Å². The van der Waals surface area contributed by atoms with E-state index in [1.54, 1.807) is 44.7 Å². The number of halogens is 1. The minimum atomic E-state index is -1.07. The van der Waals surface area contributed by atoms with Crippen molar-refractivity contribution in [3.8, 4) is 23.1 Å². The normalized spacial score (nSPS) is 15.4. The minimum Gasteiger partial charge on any atom is -0.493 e. The zero-order chi connectivity index (χ0) is 26.7. The van der Waals surface area contributed by atoms with Crippen LogP contribution in [-0.4, -0.2) is 42.5 Å². The molecule has 2 aliphatic carbocycles. The molecule has 1 saturated carbocycles. The number of rotatable bonds is 9. The second-order valence-corrected chi connectivity index (χ2v) is 9.56. The molecule has 10 heteroatoms. The Kier molecular flexibility index (Phi) is 7.20. The molecule has 2 heterocycles. The van der Waals surface area contributed by atoms with Gasteiger partial charge in [-0.1, -0.05) is 35.4 Å². The third-order valence-corrected chi connectivity index (χ3v) is 6.94. The summed E-state index contributed by atoms with van der Waals surface area (Å²) in [5.41, 5.74) is 1.09. The lowest BCUT2D eigenvalue weighted by molar-refractivity contribution is -0.134. The molecular formula is C28H27ClN4O5. The number of allylic oxidation sites excluding steroid dienone is 3. The van der Waals surface area contributed by atoms with Gasteiger partial charge in [-0.25, -0.2) is 4.98 Å². The second-order valence-electron chi connectivity index (χ2n) is 9.16.